The summed E-state index contributed by atoms with van der Waals surface area (Å²) in [6.07, 6.45) is 2.07. The van der Waals surface area contributed by atoms with Crippen LogP contribution in [0.1, 0.15) is 27.2 Å². The summed E-state index contributed by atoms with van der Waals surface area (Å²) in [5, 5.41) is 6.38. The Labute approximate surface area is 156 Å². The molecule has 2 N–H and O–H groups in total. The number of carbonyl (C=O) groups is 1. The molecule has 23 heavy (non-hydrogen) atoms. The number of likely N-dealkylation sites (tertiary alicyclic amines) is 1. The van der Waals surface area contributed by atoms with Crippen LogP contribution in [-0.4, -0.2) is 69.4 Å². The van der Waals surface area contributed by atoms with Crippen LogP contribution in [0.5, 0.6) is 0 Å². The first-order valence-corrected chi connectivity index (χ1v) is 9.80. The molecule has 0 radical (unpaired) electrons. The van der Waals surface area contributed by atoms with Gasteiger partial charge in [-0.05, 0) is 13.3 Å². The fraction of sp³-hybridized carbons (Fsp3) is 0.857. The van der Waals surface area contributed by atoms with Crippen LogP contribution >= 0.6 is 24.0 Å². The minimum Gasteiger partial charge on any atom is -0.357 e. The van der Waals surface area contributed by atoms with Crippen LogP contribution in [0.4, 0.5) is 0 Å². The number of guanidine groups is 1. The highest BCUT2D eigenvalue weighted by molar-refractivity contribution is 14.0. The van der Waals surface area contributed by atoms with Gasteiger partial charge in [0.05, 0.1) is 12.3 Å². The van der Waals surface area contributed by atoms with E-state index in [0.717, 1.165) is 13.0 Å². The van der Waals surface area contributed by atoms with Gasteiger partial charge in [-0.25, -0.2) is 8.42 Å². The van der Waals surface area contributed by atoms with E-state index in [9.17, 15) is 13.2 Å². The second-order valence-electron chi connectivity index (χ2n) is 5.96. The number of hydrogen-bond donors (Lipinski definition) is 2. The van der Waals surface area contributed by atoms with Gasteiger partial charge in [0.2, 0.25) is 5.91 Å². The summed E-state index contributed by atoms with van der Waals surface area (Å²) < 4.78 is 22.3. The molecule has 1 rings (SSSR count). The average molecular weight is 460 g/mol. The van der Waals surface area contributed by atoms with Gasteiger partial charge >= 0.3 is 0 Å². The van der Waals surface area contributed by atoms with Crippen molar-refractivity contribution in [3.05, 3.63) is 0 Å². The van der Waals surface area contributed by atoms with Crippen molar-refractivity contribution >= 4 is 45.7 Å². The molecule has 1 atom stereocenters. The molecule has 0 aliphatic carbocycles. The summed E-state index contributed by atoms with van der Waals surface area (Å²) in [5.74, 6) is 0.820. The SMILES string of the molecule is CCNC(=NCCS(C)(=O)=O)NC1CCN(C(=O)C(C)C)C1.I. The molecule has 1 aliphatic rings. The van der Waals surface area contributed by atoms with Crippen LogP contribution in [0.25, 0.3) is 0 Å². The molecular formula is C14H29IN4O3S. The normalized spacial score (nSPS) is 18.7. The van der Waals surface area contributed by atoms with Crippen molar-refractivity contribution in [2.24, 2.45) is 10.9 Å². The highest BCUT2D eigenvalue weighted by Gasteiger charge is 2.27. The van der Waals surface area contributed by atoms with Gasteiger partial charge in [0, 0.05) is 37.8 Å². The maximum Gasteiger partial charge on any atom is 0.225 e. The minimum atomic E-state index is -3.01. The lowest BCUT2D eigenvalue weighted by Crippen LogP contribution is -2.45. The topological polar surface area (TPSA) is 90.9 Å². The van der Waals surface area contributed by atoms with E-state index in [2.05, 4.69) is 15.6 Å². The molecule has 0 aromatic rings. The maximum absolute atomic E-state index is 12.0. The van der Waals surface area contributed by atoms with Gasteiger partial charge in [-0.1, -0.05) is 13.8 Å². The van der Waals surface area contributed by atoms with Gasteiger partial charge in [-0.15, -0.1) is 24.0 Å². The van der Waals surface area contributed by atoms with Gasteiger partial charge in [0.1, 0.15) is 9.84 Å². The molecule has 0 saturated carbocycles. The van der Waals surface area contributed by atoms with Crippen LogP contribution in [0.3, 0.4) is 0 Å². The molecule has 0 aromatic heterocycles. The van der Waals surface area contributed by atoms with Crippen molar-refractivity contribution in [3.8, 4) is 0 Å². The van der Waals surface area contributed by atoms with Crippen LogP contribution in [0, 0.1) is 5.92 Å². The first kappa shape index (κ1) is 22.4. The van der Waals surface area contributed by atoms with Crippen molar-refractivity contribution in [2.75, 3.05) is 38.2 Å². The zero-order valence-electron chi connectivity index (χ0n) is 14.3. The Morgan fingerprint density at radius 3 is 2.57 bits per heavy atom. The molecule has 1 amide bonds. The predicted octanol–water partition coefficient (Wildman–Crippen LogP) is 0.461. The van der Waals surface area contributed by atoms with E-state index in [1.807, 2.05) is 25.7 Å². The minimum absolute atomic E-state index is 0. The molecule has 0 bridgehead atoms. The molecule has 1 heterocycles. The lowest BCUT2D eigenvalue weighted by atomic mass is 10.2. The first-order valence-electron chi connectivity index (χ1n) is 7.74. The lowest BCUT2D eigenvalue weighted by molar-refractivity contribution is -0.133. The summed E-state index contributed by atoms with van der Waals surface area (Å²) in [4.78, 5) is 18.1. The van der Waals surface area contributed by atoms with Crippen LogP contribution in [0.15, 0.2) is 4.99 Å². The number of nitrogens with zero attached hydrogens (tertiary/aromatic N) is 2. The monoisotopic (exact) mass is 460 g/mol. The quantitative estimate of drug-likeness (QED) is 0.342. The average Bonchev–Trinajstić information content (AvgIpc) is 2.84. The summed E-state index contributed by atoms with van der Waals surface area (Å²) in [6.45, 7) is 8.10. The largest absolute Gasteiger partial charge is 0.357 e. The molecular weight excluding hydrogens is 431 g/mol. The van der Waals surface area contributed by atoms with Crippen molar-refractivity contribution in [1.29, 1.82) is 0 Å². The highest BCUT2D eigenvalue weighted by Crippen LogP contribution is 2.12. The summed E-state index contributed by atoms with van der Waals surface area (Å²) in [7, 11) is -3.01. The first-order chi connectivity index (χ1) is 10.2. The van der Waals surface area contributed by atoms with Crippen LogP contribution in [0.2, 0.25) is 0 Å². The molecule has 0 spiro atoms. The van der Waals surface area contributed by atoms with Crippen LogP contribution in [-0.2, 0) is 14.6 Å². The Morgan fingerprint density at radius 2 is 2.04 bits per heavy atom. The highest BCUT2D eigenvalue weighted by atomic mass is 127. The summed E-state index contributed by atoms with van der Waals surface area (Å²) in [6, 6.07) is 0.152. The zero-order chi connectivity index (χ0) is 16.8. The predicted molar refractivity (Wildman–Crippen MR) is 104 cm³/mol. The molecule has 1 saturated heterocycles. The van der Waals surface area contributed by atoms with Gasteiger partial charge in [-0.3, -0.25) is 9.79 Å². The number of nitrogens with one attached hydrogen (secondary N) is 2. The van der Waals surface area contributed by atoms with Gasteiger partial charge in [0.25, 0.3) is 0 Å². The molecule has 9 heteroatoms. The van der Waals surface area contributed by atoms with Crippen molar-refractivity contribution in [1.82, 2.24) is 15.5 Å². The number of aliphatic imine (C=N–C) groups is 1. The summed E-state index contributed by atoms with van der Waals surface area (Å²) in [5.41, 5.74) is 0. The Hall–Kier alpha value is -0.580. The molecule has 136 valence electrons. The summed E-state index contributed by atoms with van der Waals surface area (Å²) >= 11 is 0. The number of carbonyl (C=O) groups excluding carboxylic acids is 1. The second kappa shape index (κ2) is 10.3. The van der Waals surface area contributed by atoms with Gasteiger partial charge in [0.15, 0.2) is 5.96 Å². The third-order valence-electron chi connectivity index (χ3n) is 3.41. The molecule has 1 aliphatic heterocycles. The smallest absolute Gasteiger partial charge is 0.225 e. The van der Waals surface area contributed by atoms with Gasteiger partial charge in [-0.2, -0.15) is 0 Å². The zero-order valence-corrected chi connectivity index (χ0v) is 17.5. The molecule has 0 aromatic carbocycles. The third-order valence-corrected chi connectivity index (χ3v) is 4.34. The lowest BCUT2D eigenvalue weighted by Gasteiger charge is -2.20. The fourth-order valence-corrected chi connectivity index (χ4v) is 2.70. The second-order valence-corrected chi connectivity index (χ2v) is 8.22. The van der Waals surface area contributed by atoms with E-state index < -0.39 is 9.84 Å². The number of sulfone groups is 1. The van der Waals surface area contributed by atoms with Crippen molar-refractivity contribution < 1.29 is 13.2 Å². The Kier molecular flexibility index (Phi) is 10.1. The molecule has 1 fully saturated rings. The third kappa shape index (κ3) is 8.73. The van der Waals surface area contributed by atoms with E-state index in [0.29, 0.717) is 19.0 Å². The fourth-order valence-electron chi connectivity index (χ4n) is 2.28. The Bertz CT molecular complexity index is 508. The Balaban J connectivity index is 0.00000484. The molecule has 1 unspecified atom stereocenters. The van der Waals surface area contributed by atoms with E-state index in [1.54, 1.807) is 0 Å². The van der Waals surface area contributed by atoms with Gasteiger partial charge < -0.3 is 15.5 Å². The van der Waals surface area contributed by atoms with Crippen molar-refractivity contribution in [2.45, 2.75) is 33.2 Å². The maximum atomic E-state index is 12.0. The molecule has 7 nitrogen and oxygen atoms in total. The van der Waals surface area contributed by atoms with Crippen LogP contribution < -0.4 is 10.6 Å². The number of hydrogen-bond acceptors (Lipinski definition) is 4. The standard InChI is InChI=1S/C14H28N4O3S.HI/c1-5-15-14(16-7-9-22(4,20)21)17-12-6-8-18(10-12)13(19)11(2)3;/h11-12H,5-10H2,1-4H3,(H2,15,16,17);1H. The number of rotatable bonds is 6. The van der Waals surface area contributed by atoms with E-state index in [-0.39, 0.29) is 54.1 Å². The number of halogens is 1. The van der Waals surface area contributed by atoms with E-state index >= 15 is 0 Å². The van der Waals surface area contributed by atoms with Crippen molar-refractivity contribution in [3.63, 3.8) is 0 Å². The van der Waals surface area contributed by atoms with E-state index in [1.165, 1.54) is 6.26 Å². The number of amides is 1. The van der Waals surface area contributed by atoms with E-state index in [4.69, 9.17) is 0 Å². The Morgan fingerprint density at radius 1 is 1.39 bits per heavy atom.